The van der Waals surface area contributed by atoms with Gasteiger partial charge in [0.2, 0.25) is 0 Å². The van der Waals surface area contributed by atoms with Crippen LogP contribution in [0, 0.1) is 6.92 Å². The Morgan fingerprint density at radius 1 is 1.40 bits per heavy atom. The van der Waals surface area contributed by atoms with E-state index in [2.05, 4.69) is 21.7 Å². The number of aliphatic hydroxyl groups is 1. The zero-order valence-electron chi connectivity index (χ0n) is 9.82. The minimum atomic E-state index is -0.665. The van der Waals surface area contributed by atoms with Crippen molar-refractivity contribution in [3.63, 3.8) is 0 Å². The van der Waals surface area contributed by atoms with Crippen LogP contribution in [0.2, 0.25) is 0 Å². The molecule has 1 N–H and O–H groups in total. The highest BCUT2D eigenvalue weighted by Gasteiger charge is 2.16. The Morgan fingerprint density at radius 2 is 2.07 bits per heavy atom. The van der Waals surface area contributed by atoms with Gasteiger partial charge in [-0.05, 0) is 27.2 Å². The molecule has 0 aromatic carbocycles. The molecule has 0 unspecified atom stereocenters. The fourth-order valence-corrected chi connectivity index (χ4v) is 2.15. The molecule has 0 bridgehead atoms. The summed E-state index contributed by atoms with van der Waals surface area (Å²) in [6.07, 6.45) is 1.06. The fourth-order valence-electron chi connectivity index (χ4n) is 1.19. The predicted octanol–water partition coefficient (Wildman–Crippen LogP) is 1.86. The largest absolute Gasteiger partial charge is 0.390 e. The summed E-state index contributed by atoms with van der Waals surface area (Å²) in [5.74, 6) is 1.57. The van der Waals surface area contributed by atoms with E-state index < -0.39 is 5.60 Å². The fraction of sp³-hybridized carbons (Fsp3) is 0.800. The average molecular weight is 229 g/mol. The van der Waals surface area contributed by atoms with Gasteiger partial charge < -0.3 is 9.67 Å². The van der Waals surface area contributed by atoms with E-state index in [-0.39, 0.29) is 0 Å². The molecule has 5 heteroatoms. The normalized spacial score (nSPS) is 12.1. The highest BCUT2D eigenvalue weighted by molar-refractivity contribution is 7.99. The zero-order chi connectivity index (χ0) is 11.5. The molecule has 0 saturated heterocycles. The molecule has 0 spiro atoms. The van der Waals surface area contributed by atoms with Gasteiger partial charge in [-0.3, -0.25) is 0 Å². The van der Waals surface area contributed by atoms with Crippen molar-refractivity contribution in [3.8, 4) is 0 Å². The van der Waals surface area contributed by atoms with Crippen molar-refractivity contribution < 1.29 is 5.11 Å². The third-order valence-electron chi connectivity index (χ3n) is 1.90. The third kappa shape index (κ3) is 3.83. The van der Waals surface area contributed by atoms with Crippen molar-refractivity contribution in [2.24, 2.45) is 0 Å². The first-order valence-electron chi connectivity index (χ1n) is 5.19. The summed E-state index contributed by atoms with van der Waals surface area (Å²) in [6, 6.07) is 0. The molecule has 1 aromatic heterocycles. The molecule has 15 heavy (non-hydrogen) atoms. The molecule has 1 heterocycles. The van der Waals surface area contributed by atoms with E-state index >= 15 is 0 Å². The average Bonchev–Trinajstić information content (AvgIpc) is 2.45. The number of hydrogen-bond acceptors (Lipinski definition) is 4. The molecule has 0 aliphatic heterocycles. The summed E-state index contributed by atoms with van der Waals surface area (Å²) in [5.41, 5.74) is -0.665. The molecule has 86 valence electrons. The van der Waals surface area contributed by atoms with Crippen LogP contribution in [0.15, 0.2) is 5.16 Å². The first kappa shape index (κ1) is 12.5. The van der Waals surface area contributed by atoms with Crippen LogP contribution in [-0.2, 0) is 6.54 Å². The van der Waals surface area contributed by atoms with E-state index in [1.165, 1.54) is 0 Å². The minimum absolute atomic E-state index is 0.634. The van der Waals surface area contributed by atoms with E-state index in [0.29, 0.717) is 5.75 Å². The molecule has 0 aliphatic carbocycles. The van der Waals surface area contributed by atoms with Crippen LogP contribution in [-0.4, -0.2) is 31.2 Å². The summed E-state index contributed by atoms with van der Waals surface area (Å²) < 4.78 is 2.09. The van der Waals surface area contributed by atoms with Gasteiger partial charge in [-0.15, -0.1) is 10.2 Å². The number of nitrogens with zero attached hydrogens (tertiary/aromatic N) is 3. The topological polar surface area (TPSA) is 50.9 Å². The first-order chi connectivity index (χ1) is 6.94. The van der Waals surface area contributed by atoms with E-state index in [1.54, 1.807) is 25.6 Å². The van der Waals surface area contributed by atoms with Crippen LogP contribution in [0.1, 0.15) is 33.0 Å². The lowest BCUT2D eigenvalue weighted by Crippen LogP contribution is -2.22. The Hall–Kier alpha value is -0.550. The van der Waals surface area contributed by atoms with E-state index in [1.807, 2.05) is 6.92 Å². The van der Waals surface area contributed by atoms with Crippen LogP contribution in [0.5, 0.6) is 0 Å². The van der Waals surface area contributed by atoms with Crippen LogP contribution in [0.3, 0.4) is 0 Å². The van der Waals surface area contributed by atoms with Crippen LogP contribution < -0.4 is 0 Å². The lowest BCUT2D eigenvalue weighted by Gasteiger charge is -2.16. The van der Waals surface area contributed by atoms with Crippen LogP contribution in [0.25, 0.3) is 0 Å². The number of hydrogen-bond donors (Lipinski definition) is 1. The van der Waals surface area contributed by atoms with Gasteiger partial charge in [-0.2, -0.15) is 0 Å². The molecule has 0 radical (unpaired) electrons. The smallest absolute Gasteiger partial charge is 0.191 e. The number of thioether (sulfide) groups is 1. The molecular formula is C10H19N3OS. The third-order valence-corrected chi connectivity index (χ3v) is 3.31. The molecular weight excluding hydrogens is 210 g/mol. The Balaban J connectivity index is 2.68. The Bertz CT molecular complexity index is 317. The van der Waals surface area contributed by atoms with Gasteiger partial charge >= 0.3 is 0 Å². The minimum Gasteiger partial charge on any atom is -0.390 e. The second-order valence-electron chi connectivity index (χ2n) is 4.28. The highest BCUT2D eigenvalue weighted by Crippen LogP contribution is 2.21. The number of rotatable bonds is 5. The van der Waals surface area contributed by atoms with Crippen molar-refractivity contribution in [1.82, 2.24) is 14.8 Å². The first-order valence-corrected chi connectivity index (χ1v) is 6.17. The Labute approximate surface area is 95.1 Å². The highest BCUT2D eigenvalue weighted by atomic mass is 32.2. The quantitative estimate of drug-likeness (QED) is 0.783. The summed E-state index contributed by atoms with van der Waals surface area (Å²) >= 11 is 1.55. The lowest BCUT2D eigenvalue weighted by atomic mass is 10.2. The van der Waals surface area contributed by atoms with Crippen molar-refractivity contribution in [1.29, 1.82) is 0 Å². The summed E-state index contributed by atoms with van der Waals surface area (Å²) in [7, 11) is 0. The van der Waals surface area contributed by atoms with Crippen LogP contribution in [0.4, 0.5) is 0 Å². The second-order valence-corrected chi connectivity index (χ2v) is 5.23. The van der Waals surface area contributed by atoms with Crippen LogP contribution >= 0.6 is 11.8 Å². The SMILES string of the molecule is CCCn1c(C)nnc1SCC(C)(C)O. The molecule has 4 nitrogen and oxygen atoms in total. The van der Waals surface area contributed by atoms with Crippen molar-refractivity contribution in [3.05, 3.63) is 5.82 Å². The monoisotopic (exact) mass is 229 g/mol. The van der Waals surface area contributed by atoms with E-state index in [9.17, 15) is 5.11 Å². The van der Waals surface area contributed by atoms with Gasteiger partial charge in [0.15, 0.2) is 5.16 Å². The molecule has 0 amide bonds. The molecule has 0 fully saturated rings. The molecule has 0 saturated carbocycles. The number of aromatic nitrogens is 3. The molecule has 0 aliphatic rings. The zero-order valence-corrected chi connectivity index (χ0v) is 10.6. The van der Waals surface area contributed by atoms with Gasteiger partial charge in [-0.1, -0.05) is 18.7 Å². The maximum Gasteiger partial charge on any atom is 0.191 e. The Kier molecular flexibility index (Phi) is 4.16. The van der Waals surface area contributed by atoms with Gasteiger partial charge in [0.25, 0.3) is 0 Å². The predicted molar refractivity (Wildman–Crippen MR) is 62.1 cm³/mol. The van der Waals surface area contributed by atoms with E-state index in [0.717, 1.165) is 23.9 Å². The van der Waals surface area contributed by atoms with Gasteiger partial charge in [0.1, 0.15) is 5.82 Å². The summed E-state index contributed by atoms with van der Waals surface area (Å²) in [6.45, 7) is 8.62. The standard InChI is InChI=1S/C10H19N3OS/c1-5-6-13-8(2)11-12-9(13)15-7-10(3,4)14/h14H,5-7H2,1-4H3. The Morgan fingerprint density at radius 3 is 2.60 bits per heavy atom. The summed E-state index contributed by atoms with van der Waals surface area (Å²) in [4.78, 5) is 0. The van der Waals surface area contributed by atoms with Crippen molar-refractivity contribution in [2.75, 3.05) is 5.75 Å². The van der Waals surface area contributed by atoms with E-state index in [4.69, 9.17) is 0 Å². The maximum absolute atomic E-state index is 9.63. The van der Waals surface area contributed by atoms with Gasteiger partial charge in [0, 0.05) is 12.3 Å². The molecule has 0 atom stereocenters. The second kappa shape index (κ2) is 4.99. The lowest BCUT2D eigenvalue weighted by molar-refractivity contribution is 0.107. The summed E-state index contributed by atoms with van der Waals surface area (Å²) in [5, 5.41) is 18.7. The van der Waals surface area contributed by atoms with Crippen molar-refractivity contribution >= 4 is 11.8 Å². The van der Waals surface area contributed by atoms with Gasteiger partial charge in [-0.25, -0.2) is 0 Å². The molecule has 1 rings (SSSR count). The number of aryl methyl sites for hydroxylation is 1. The van der Waals surface area contributed by atoms with Gasteiger partial charge in [0.05, 0.1) is 5.60 Å². The molecule has 1 aromatic rings. The maximum atomic E-state index is 9.63. The van der Waals surface area contributed by atoms with Crippen molar-refractivity contribution in [2.45, 2.75) is 51.4 Å².